The van der Waals surface area contributed by atoms with Crippen LogP contribution >= 0.6 is 11.3 Å². The molecule has 1 atom stereocenters. The van der Waals surface area contributed by atoms with Gasteiger partial charge in [-0.15, -0.1) is 10.2 Å². The second kappa shape index (κ2) is 4.51. The molecule has 1 aromatic heterocycles. The van der Waals surface area contributed by atoms with Gasteiger partial charge < -0.3 is 10.5 Å². The molecule has 7 heteroatoms. The fourth-order valence-electron chi connectivity index (χ4n) is 1.99. The monoisotopic (exact) mass is 276 g/mol. The van der Waals surface area contributed by atoms with E-state index >= 15 is 0 Å². The van der Waals surface area contributed by atoms with Crippen LogP contribution < -0.4 is 15.4 Å². The standard InChI is InChI=1S/C12H12N4O2S/c1-7-11(17)16(6-10-14-15-12(13)19-10)8-4-2-3-5-9(8)18-7/h2-5,7H,6H2,1H3,(H2,13,15). The zero-order valence-electron chi connectivity index (χ0n) is 10.2. The van der Waals surface area contributed by atoms with E-state index < -0.39 is 6.10 Å². The van der Waals surface area contributed by atoms with E-state index in [0.29, 0.717) is 22.4 Å². The second-order valence-corrected chi connectivity index (χ2v) is 5.28. The number of ether oxygens (including phenoxy) is 1. The predicted octanol–water partition coefficient (Wildman–Crippen LogP) is 1.43. The van der Waals surface area contributed by atoms with Crippen molar-refractivity contribution < 1.29 is 9.53 Å². The number of nitrogen functional groups attached to an aromatic ring is 1. The van der Waals surface area contributed by atoms with Gasteiger partial charge in [0.05, 0.1) is 12.2 Å². The smallest absolute Gasteiger partial charge is 0.268 e. The Bertz CT molecular complexity index is 628. The molecule has 0 bridgehead atoms. The fourth-order valence-corrected chi connectivity index (χ4v) is 2.59. The largest absolute Gasteiger partial charge is 0.479 e. The number of para-hydroxylation sites is 2. The van der Waals surface area contributed by atoms with Crippen LogP contribution in [0.5, 0.6) is 5.75 Å². The summed E-state index contributed by atoms with van der Waals surface area (Å²) in [6.45, 7) is 2.10. The van der Waals surface area contributed by atoms with Crippen molar-refractivity contribution in [1.29, 1.82) is 0 Å². The van der Waals surface area contributed by atoms with Gasteiger partial charge in [-0.1, -0.05) is 23.5 Å². The average molecular weight is 276 g/mol. The quantitative estimate of drug-likeness (QED) is 0.897. The average Bonchev–Trinajstić information content (AvgIpc) is 2.80. The molecule has 1 aromatic carbocycles. The Morgan fingerprint density at radius 1 is 1.42 bits per heavy atom. The molecule has 0 saturated carbocycles. The first-order valence-corrected chi connectivity index (χ1v) is 6.61. The Balaban J connectivity index is 1.96. The summed E-state index contributed by atoms with van der Waals surface area (Å²) in [6, 6.07) is 7.44. The second-order valence-electron chi connectivity index (χ2n) is 4.19. The zero-order chi connectivity index (χ0) is 13.4. The highest BCUT2D eigenvalue weighted by Gasteiger charge is 2.31. The number of nitrogens with zero attached hydrogens (tertiary/aromatic N) is 3. The summed E-state index contributed by atoms with van der Waals surface area (Å²) in [5.74, 6) is 0.611. The number of aromatic nitrogens is 2. The number of carbonyl (C=O) groups is 1. The highest BCUT2D eigenvalue weighted by atomic mass is 32.1. The van der Waals surface area contributed by atoms with Crippen molar-refractivity contribution in [3.05, 3.63) is 29.3 Å². The molecule has 0 saturated heterocycles. The van der Waals surface area contributed by atoms with Gasteiger partial charge in [-0.2, -0.15) is 0 Å². The normalized spacial score (nSPS) is 18.1. The molecule has 2 heterocycles. The van der Waals surface area contributed by atoms with E-state index in [1.54, 1.807) is 11.8 Å². The third-order valence-electron chi connectivity index (χ3n) is 2.85. The van der Waals surface area contributed by atoms with Crippen molar-refractivity contribution >= 4 is 28.1 Å². The summed E-state index contributed by atoms with van der Waals surface area (Å²) >= 11 is 1.28. The Morgan fingerprint density at radius 3 is 2.95 bits per heavy atom. The summed E-state index contributed by atoms with van der Waals surface area (Å²) in [7, 11) is 0. The molecule has 1 amide bonds. The van der Waals surface area contributed by atoms with Crippen LogP contribution in [0, 0.1) is 0 Å². The van der Waals surface area contributed by atoms with Crippen LogP contribution in [0.4, 0.5) is 10.8 Å². The molecule has 0 aliphatic carbocycles. The molecule has 1 aliphatic rings. The lowest BCUT2D eigenvalue weighted by Gasteiger charge is -2.32. The number of anilines is 2. The van der Waals surface area contributed by atoms with Crippen LogP contribution in [0.1, 0.15) is 11.9 Å². The fraction of sp³-hybridized carbons (Fsp3) is 0.250. The van der Waals surface area contributed by atoms with Crippen LogP contribution in [-0.4, -0.2) is 22.2 Å². The number of carbonyl (C=O) groups excluding carboxylic acids is 1. The molecule has 1 aliphatic heterocycles. The third kappa shape index (κ3) is 2.12. The van der Waals surface area contributed by atoms with E-state index in [0.717, 1.165) is 5.69 Å². The lowest BCUT2D eigenvalue weighted by molar-refractivity contribution is -0.125. The first kappa shape index (κ1) is 11.9. The van der Waals surface area contributed by atoms with E-state index in [4.69, 9.17) is 10.5 Å². The molecule has 6 nitrogen and oxygen atoms in total. The van der Waals surface area contributed by atoms with Gasteiger partial charge in [0.25, 0.3) is 5.91 Å². The maximum Gasteiger partial charge on any atom is 0.268 e. The lowest BCUT2D eigenvalue weighted by Crippen LogP contribution is -2.43. The third-order valence-corrected chi connectivity index (χ3v) is 3.59. The minimum atomic E-state index is -0.500. The van der Waals surface area contributed by atoms with E-state index in [1.165, 1.54) is 11.3 Å². The number of rotatable bonds is 2. The molecule has 0 spiro atoms. The molecule has 19 heavy (non-hydrogen) atoms. The molecular formula is C12H12N4O2S. The van der Waals surface area contributed by atoms with Crippen LogP contribution in [0.25, 0.3) is 0 Å². The minimum Gasteiger partial charge on any atom is -0.479 e. The van der Waals surface area contributed by atoms with Crippen LogP contribution in [0.15, 0.2) is 24.3 Å². The van der Waals surface area contributed by atoms with Crippen molar-refractivity contribution in [2.75, 3.05) is 10.6 Å². The molecular weight excluding hydrogens is 264 g/mol. The van der Waals surface area contributed by atoms with Gasteiger partial charge in [0.2, 0.25) is 5.13 Å². The number of hydrogen-bond acceptors (Lipinski definition) is 6. The van der Waals surface area contributed by atoms with Crippen LogP contribution in [0.2, 0.25) is 0 Å². The number of fused-ring (bicyclic) bond motifs is 1. The van der Waals surface area contributed by atoms with Gasteiger partial charge in [-0.25, -0.2) is 0 Å². The maximum atomic E-state index is 12.2. The maximum absolute atomic E-state index is 12.2. The van der Waals surface area contributed by atoms with Crippen LogP contribution in [-0.2, 0) is 11.3 Å². The molecule has 1 unspecified atom stereocenters. The zero-order valence-corrected chi connectivity index (χ0v) is 11.1. The van der Waals surface area contributed by atoms with Crippen molar-refractivity contribution in [1.82, 2.24) is 10.2 Å². The van der Waals surface area contributed by atoms with Crippen molar-refractivity contribution in [3.63, 3.8) is 0 Å². The number of hydrogen-bond donors (Lipinski definition) is 1. The minimum absolute atomic E-state index is 0.0903. The molecule has 2 N–H and O–H groups in total. The number of benzene rings is 1. The molecule has 0 fully saturated rings. The summed E-state index contributed by atoms with van der Waals surface area (Å²) < 4.78 is 5.57. The summed E-state index contributed by atoms with van der Waals surface area (Å²) in [4.78, 5) is 13.9. The Labute approximate surface area is 113 Å². The predicted molar refractivity (Wildman–Crippen MR) is 72.0 cm³/mol. The Kier molecular flexibility index (Phi) is 2.83. The van der Waals surface area contributed by atoms with Gasteiger partial charge >= 0.3 is 0 Å². The summed E-state index contributed by atoms with van der Waals surface area (Å²) in [6.07, 6.45) is -0.500. The number of amides is 1. The molecule has 3 rings (SSSR count). The van der Waals surface area contributed by atoms with Crippen molar-refractivity contribution in [2.45, 2.75) is 19.6 Å². The van der Waals surface area contributed by atoms with Crippen molar-refractivity contribution in [2.24, 2.45) is 0 Å². The first-order valence-electron chi connectivity index (χ1n) is 5.80. The van der Waals surface area contributed by atoms with Gasteiger partial charge in [0.1, 0.15) is 10.8 Å². The van der Waals surface area contributed by atoms with Crippen LogP contribution in [0.3, 0.4) is 0 Å². The van der Waals surface area contributed by atoms with E-state index in [2.05, 4.69) is 10.2 Å². The van der Waals surface area contributed by atoms with E-state index in [1.807, 2.05) is 24.3 Å². The summed E-state index contributed by atoms with van der Waals surface area (Å²) in [5, 5.41) is 8.81. The lowest BCUT2D eigenvalue weighted by atomic mass is 10.2. The highest BCUT2D eigenvalue weighted by Crippen LogP contribution is 2.34. The van der Waals surface area contributed by atoms with Crippen molar-refractivity contribution in [3.8, 4) is 5.75 Å². The van der Waals surface area contributed by atoms with Gasteiger partial charge in [-0.05, 0) is 19.1 Å². The topological polar surface area (TPSA) is 81.3 Å². The molecule has 0 radical (unpaired) electrons. The van der Waals surface area contributed by atoms with E-state index in [9.17, 15) is 4.79 Å². The van der Waals surface area contributed by atoms with Gasteiger partial charge in [0, 0.05) is 0 Å². The van der Waals surface area contributed by atoms with Gasteiger partial charge in [0.15, 0.2) is 6.10 Å². The SMILES string of the molecule is CC1Oc2ccccc2N(Cc2nnc(N)s2)C1=O. The number of nitrogens with two attached hydrogens (primary N) is 1. The molecule has 98 valence electrons. The Morgan fingerprint density at radius 2 is 2.21 bits per heavy atom. The summed E-state index contributed by atoms with van der Waals surface area (Å²) in [5.41, 5.74) is 6.31. The first-order chi connectivity index (χ1) is 9.15. The van der Waals surface area contributed by atoms with Gasteiger partial charge in [-0.3, -0.25) is 9.69 Å². The Hall–Kier alpha value is -2.15. The molecule has 2 aromatic rings. The van der Waals surface area contributed by atoms with E-state index in [-0.39, 0.29) is 5.91 Å². The highest BCUT2D eigenvalue weighted by molar-refractivity contribution is 7.15.